The number of hydrogen-bond donors (Lipinski definition) is 0. The predicted octanol–water partition coefficient (Wildman–Crippen LogP) is 1.16. The van der Waals surface area contributed by atoms with Gasteiger partial charge in [0.25, 0.3) is 0 Å². The summed E-state index contributed by atoms with van der Waals surface area (Å²) in [6.07, 6.45) is 9.19. The van der Waals surface area contributed by atoms with E-state index >= 15 is 0 Å². The maximum absolute atomic E-state index is 11.2. The van der Waals surface area contributed by atoms with Crippen LogP contribution in [0.5, 0.6) is 0 Å². The summed E-state index contributed by atoms with van der Waals surface area (Å²) in [5.74, 6) is 0.617. The van der Waals surface area contributed by atoms with Gasteiger partial charge in [0.1, 0.15) is 0 Å². The molecule has 0 aromatic rings. The summed E-state index contributed by atoms with van der Waals surface area (Å²) in [7, 11) is -0.847. The molecule has 11 heavy (non-hydrogen) atoms. The average Bonchev–Trinajstić information content (AvgIpc) is 2.25. The van der Waals surface area contributed by atoms with Crippen LogP contribution in [0, 0.1) is 0 Å². The van der Waals surface area contributed by atoms with E-state index < -0.39 is 10.8 Å². The first-order chi connectivity index (χ1) is 5.38. The second kappa shape index (κ2) is 2.58. The molecule has 0 aromatic heterocycles. The molecular weight excluding hydrogens is 158 g/mol. The summed E-state index contributed by atoms with van der Waals surface area (Å²) in [6.45, 7) is 0. The Morgan fingerprint density at radius 1 is 1.45 bits per heavy atom. The van der Waals surface area contributed by atoms with Gasteiger partial charge in [-0.3, -0.25) is 9.20 Å². The number of rotatable bonds is 0. The second-order valence-electron chi connectivity index (χ2n) is 2.30. The van der Waals surface area contributed by atoms with E-state index in [2.05, 4.69) is 4.99 Å². The molecule has 0 saturated heterocycles. The molecular formula is C8H7NOS. The van der Waals surface area contributed by atoms with Crippen molar-refractivity contribution in [2.45, 2.75) is 0 Å². The zero-order chi connectivity index (χ0) is 7.68. The lowest BCUT2D eigenvalue weighted by Gasteiger charge is -1.93. The molecule has 0 aromatic carbocycles. The van der Waals surface area contributed by atoms with Gasteiger partial charge in [0.05, 0.1) is 21.4 Å². The van der Waals surface area contributed by atoms with Gasteiger partial charge in [-0.15, -0.1) is 0 Å². The first-order valence-electron chi connectivity index (χ1n) is 3.38. The Hall–Kier alpha value is -0.960. The van der Waals surface area contributed by atoms with Gasteiger partial charge in [0.2, 0.25) is 0 Å². The van der Waals surface area contributed by atoms with Crippen molar-refractivity contribution in [1.29, 1.82) is 0 Å². The van der Waals surface area contributed by atoms with Gasteiger partial charge < -0.3 is 0 Å². The highest BCUT2D eigenvalue weighted by Crippen LogP contribution is 2.23. The van der Waals surface area contributed by atoms with Gasteiger partial charge in [-0.1, -0.05) is 6.08 Å². The molecule has 2 heterocycles. The minimum Gasteiger partial charge on any atom is -0.256 e. The molecule has 0 bridgehead atoms. The lowest BCUT2D eigenvalue weighted by molar-refractivity contribution is 0.689. The van der Waals surface area contributed by atoms with Gasteiger partial charge in [-0.05, 0) is 18.2 Å². The Balaban J connectivity index is 2.49. The Morgan fingerprint density at radius 2 is 2.36 bits per heavy atom. The van der Waals surface area contributed by atoms with Crippen LogP contribution in [0.2, 0.25) is 0 Å². The van der Waals surface area contributed by atoms with E-state index in [1.807, 2.05) is 24.3 Å². The number of fused-ring (bicyclic) bond motifs is 1. The molecule has 0 amide bonds. The highest BCUT2D eigenvalue weighted by molar-refractivity contribution is 7.89. The average molecular weight is 165 g/mol. The molecule has 2 rings (SSSR count). The molecule has 2 aliphatic rings. The number of allylic oxidation sites excluding steroid dienone is 3. The van der Waals surface area contributed by atoms with Crippen molar-refractivity contribution in [3.8, 4) is 0 Å². The largest absolute Gasteiger partial charge is 0.256 e. The third-order valence-corrected chi connectivity index (χ3v) is 2.89. The van der Waals surface area contributed by atoms with E-state index in [0.29, 0.717) is 5.75 Å². The summed E-state index contributed by atoms with van der Waals surface area (Å²) in [5.41, 5.74) is 0.869. The lowest BCUT2D eigenvalue weighted by Crippen LogP contribution is -1.89. The van der Waals surface area contributed by atoms with E-state index in [1.165, 1.54) is 0 Å². The number of aliphatic imine (C=N–C) groups is 1. The van der Waals surface area contributed by atoms with Crippen LogP contribution in [0.25, 0.3) is 0 Å². The van der Waals surface area contributed by atoms with Crippen LogP contribution in [0.4, 0.5) is 0 Å². The van der Waals surface area contributed by atoms with Crippen molar-refractivity contribution >= 4 is 17.0 Å². The van der Waals surface area contributed by atoms with E-state index in [1.54, 1.807) is 6.21 Å². The van der Waals surface area contributed by atoms with Crippen molar-refractivity contribution in [3.05, 3.63) is 34.9 Å². The van der Waals surface area contributed by atoms with Crippen LogP contribution >= 0.6 is 0 Å². The maximum atomic E-state index is 11.2. The third kappa shape index (κ3) is 1.12. The maximum Gasteiger partial charge on any atom is 0.0760 e. The van der Waals surface area contributed by atoms with Crippen LogP contribution in [0.15, 0.2) is 39.9 Å². The molecule has 1 atom stereocenters. The van der Waals surface area contributed by atoms with Crippen molar-refractivity contribution in [3.63, 3.8) is 0 Å². The Bertz CT molecular complexity index is 323. The fraction of sp³-hybridized carbons (Fsp3) is 0.125. The summed E-state index contributed by atoms with van der Waals surface area (Å²) < 4.78 is 11.2. The Kier molecular flexibility index (Phi) is 1.58. The van der Waals surface area contributed by atoms with E-state index in [-0.39, 0.29) is 0 Å². The van der Waals surface area contributed by atoms with Crippen LogP contribution in [0.3, 0.4) is 0 Å². The van der Waals surface area contributed by atoms with Crippen LogP contribution in [-0.4, -0.2) is 16.2 Å². The SMILES string of the molecule is O=S1CC=C2N=CC=CC=C21. The normalized spacial score (nSPS) is 27.5. The molecule has 0 N–H and O–H groups in total. The minimum absolute atomic E-state index is 0.617. The van der Waals surface area contributed by atoms with Gasteiger partial charge in [0, 0.05) is 12.0 Å². The number of hydrogen-bond acceptors (Lipinski definition) is 2. The third-order valence-electron chi connectivity index (χ3n) is 1.58. The predicted molar refractivity (Wildman–Crippen MR) is 46.8 cm³/mol. The van der Waals surface area contributed by atoms with Crippen LogP contribution in [-0.2, 0) is 10.8 Å². The molecule has 1 unspecified atom stereocenters. The zero-order valence-electron chi connectivity index (χ0n) is 5.86. The molecule has 0 fully saturated rings. The molecule has 0 saturated carbocycles. The molecule has 3 heteroatoms. The fourth-order valence-corrected chi connectivity index (χ4v) is 2.14. The zero-order valence-corrected chi connectivity index (χ0v) is 6.67. The summed E-state index contributed by atoms with van der Waals surface area (Å²) in [4.78, 5) is 4.98. The lowest BCUT2D eigenvalue weighted by atomic mass is 10.4. The smallest absolute Gasteiger partial charge is 0.0760 e. The summed E-state index contributed by atoms with van der Waals surface area (Å²) in [6, 6.07) is 0. The Labute approximate surface area is 67.5 Å². The van der Waals surface area contributed by atoms with E-state index in [0.717, 1.165) is 10.6 Å². The van der Waals surface area contributed by atoms with E-state index in [4.69, 9.17) is 0 Å². The summed E-state index contributed by atoms with van der Waals surface area (Å²) >= 11 is 0. The monoisotopic (exact) mass is 165 g/mol. The molecule has 56 valence electrons. The minimum atomic E-state index is -0.847. The van der Waals surface area contributed by atoms with Gasteiger partial charge in [-0.25, -0.2) is 0 Å². The highest BCUT2D eigenvalue weighted by Gasteiger charge is 2.17. The quantitative estimate of drug-likeness (QED) is 0.529. The molecule has 0 aliphatic carbocycles. The van der Waals surface area contributed by atoms with Crippen LogP contribution < -0.4 is 0 Å². The number of nitrogens with zero attached hydrogens (tertiary/aromatic N) is 1. The fourth-order valence-electron chi connectivity index (χ4n) is 1.06. The second-order valence-corrected chi connectivity index (χ2v) is 3.76. The van der Waals surface area contributed by atoms with Gasteiger partial charge in [0.15, 0.2) is 0 Å². The first kappa shape index (κ1) is 6.73. The van der Waals surface area contributed by atoms with E-state index in [9.17, 15) is 4.21 Å². The molecule has 2 nitrogen and oxygen atoms in total. The molecule has 2 aliphatic heterocycles. The van der Waals surface area contributed by atoms with Crippen molar-refractivity contribution < 1.29 is 4.21 Å². The van der Waals surface area contributed by atoms with Crippen molar-refractivity contribution in [2.75, 3.05) is 5.75 Å². The summed E-state index contributed by atoms with van der Waals surface area (Å²) in [5, 5.41) is 0. The molecule has 0 spiro atoms. The van der Waals surface area contributed by atoms with Crippen molar-refractivity contribution in [2.24, 2.45) is 4.99 Å². The van der Waals surface area contributed by atoms with Gasteiger partial charge in [-0.2, -0.15) is 0 Å². The highest BCUT2D eigenvalue weighted by atomic mass is 32.2. The molecule has 0 radical (unpaired) electrons. The first-order valence-corrected chi connectivity index (χ1v) is 4.70. The Morgan fingerprint density at radius 3 is 3.27 bits per heavy atom. The van der Waals surface area contributed by atoms with Crippen LogP contribution in [0.1, 0.15) is 0 Å². The van der Waals surface area contributed by atoms with Gasteiger partial charge >= 0.3 is 0 Å². The van der Waals surface area contributed by atoms with Crippen molar-refractivity contribution in [1.82, 2.24) is 0 Å². The standard InChI is InChI=1S/C8H7NOS/c10-11-6-4-7-8(11)3-1-2-5-9-7/h1-5H,6H2. The topological polar surface area (TPSA) is 29.4 Å².